The average Bonchev–Trinajstić information content (AvgIpc) is 3.00. The van der Waals surface area contributed by atoms with Crippen molar-refractivity contribution in [2.24, 2.45) is 0 Å². The van der Waals surface area contributed by atoms with Crippen LogP contribution >= 0.6 is 0 Å². The zero-order valence-corrected chi connectivity index (χ0v) is 9.84. The average molecular weight is 237 g/mol. The number of hydrogen-bond acceptors (Lipinski definition) is 4. The lowest BCUT2D eigenvalue weighted by Crippen LogP contribution is -2.10. The van der Waals surface area contributed by atoms with Crippen molar-refractivity contribution in [3.05, 3.63) is 18.0 Å². The van der Waals surface area contributed by atoms with Gasteiger partial charge in [0.05, 0.1) is 18.4 Å². The fourth-order valence-electron chi connectivity index (χ4n) is 1.38. The molecule has 0 unspecified atom stereocenters. The van der Waals surface area contributed by atoms with Crippen LogP contribution in [0.25, 0.3) is 0 Å². The first-order valence-electron chi connectivity index (χ1n) is 5.63. The van der Waals surface area contributed by atoms with Crippen LogP contribution in [0.2, 0.25) is 0 Å². The van der Waals surface area contributed by atoms with Gasteiger partial charge in [-0.15, -0.1) is 0 Å². The molecule has 0 atom stereocenters. The van der Waals surface area contributed by atoms with Crippen molar-refractivity contribution >= 4 is 5.97 Å². The van der Waals surface area contributed by atoms with E-state index in [9.17, 15) is 4.79 Å². The second kappa shape index (κ2) is 4.61. The van der Waals surface area contributed by atoms with Gasteiger partial charge in [0, 0.05) is 6.07 Å². The molecule has 1 aliphatic rings. The van der Waals surface area contributed by atoms with Gasteiger partial charge >= 0.3 is 5.97 Å². The van der Waals surface area contributed by atoms with Gasteiger partial charge in [0.1, 0.15) is 5.75 Å². The predicted molar refractivity (Wildman–Crippen MR) is 60.6 cm³/mol. The van der Waals surface area contributed by atoms with E-state index < -0.39 is 5.97 Å². The molecule has 1 saturated carbocycles. The number of hydrogen-bond donors (Lipinski definition) is 1. The van der Waals surface area contributed by atoms with E-state index in [4.69, 9.17) is 14.6 Å². The molecule has 0 spiro atoms. The van der Waals surface area contributed by atoms with Crippen LogP contribution in [0, 0.1) is 0 Å². The Morgan fingerprint density at radius 3 is 2.76 bits per heavy atom. The Labute approximate surface area is 99.4 Å². The molecule has 0 bridgehead atoms. The van der Waals surface area contributed by atoms with Gasteiger partial charge in [0.2, 0.25) is 0 Å². The third-order valence-corrected chi connectivity index (χ3v) is 2.22. The molecule has 0 radical (unpaired) electrons. The third kappa shape index (κ3) is 3.09. The lowest BCUT2D eigenvalue weighted by Gasteiger charge is -2.12. The quantitative estimate of drug-likeness (QED) is 0.849. The summed E-state index contributed by atoms with van der Waals surface area (Å²) in [6, 6.07) is 1.59. The Hall–Kier alpha value is -1.78. The minimum absolute atomic E-state index is 0.0150. The molecule has 0 amide bonds. The molecular formula is C12H15NO4. The van der Waals surface area contributed by atoms with Crippen molar-refractivity contribution in [1.29, 1.82) is 0 Å². The molecule has 5 nitrogen and oxygen atoms in total. The summed E-state index contributed by atoms with van der Waals surface area (Å²) in [4.78, 5) is 14.8. The van der Waals surface area contributed by atoms with Gasteiger partial charge in [-0.05, 0) is 26.7 Å². The van der Waals surface area contributed by atoms with Crippen LogP contribution in [0.3, 0.4) is 0 Å². The number of carbonyl (C=O) groups is 1. The first kappa shape index (κ1) is 11.7. The number of pyridine rings is 1. The second-order valence-electron chi connectivity index (χ2n) is 4.31. The molecule has 0 aliphatic heterocycles. The molecule has 0 aromatic carbocycles. The number of nitrogens with zero attached hydrogens (tertiary/aromatic N) is 1. The van der Waals surface area contributed by atoms with E-state index in [2.05, 4.69) is 4.98 Å². The largest absolute Gasteiger partial charge is 0.489 e. The monoisotopic (exact) mass is 237 g/mol. The summed E-state index contributed by atoms with van der Waals surface area (Å²) in [5.41, 5.74) is -0.0620. The standard InChI is InChI=1S/C12H15NO4/c1-7(2)16-9-5-10(17-8-3-4-8)11(12(14)15)13-6-9/h5-8H,3-4H2,1-2H3,(H,14,15). The highest BCUT2D eigenvalue weighted by molar-refractivity contribution is 5.88. The summed E-state index contributed by atoms with van der Waals surface area (Å²) in [6.45, 7) is 3.79. The predicted octanol–water partition coefficient (Wildman–Crippen LogP) is 2.11. The molecule has 1 aliphatic carbocycles. The van der Waals surface area contributed by atoms with Crippen LogP contribution in [0.1, 0.15) is 37.2 Å². The summed E-state index contributed by atoms with van der Waals surface area (Å²) in [5.74, 6) is -0.268. The number of aromatic carboxylic acids is 1. The molecule has 1 aromatic rings. The molecule has 5 heteroatoms. The van der Waals surface area contributed by atoms with Gasteiger partial charge in [-0.1, -0.05) is 0 Å². The van der Waals surface area contributed by atoms with E-state index in [0.717, 1.165) is 12.8 Å². The third-order valence-electron chi connectivity index (χ3n) is 2.22. The van der Waals surface area contributed by atoms with Gasteiger partial charge in [0.25, 0.3) is 0 Å². The number of rotatable bonds is 5. The summed E-state index contributed by atoms with van der Waals surface area (Å²) in [5, 5.41) is 8.99. The minimum Gasteiger partial charge on any atom is -0.489 e. The van der Waals surface area contributed by atoms with E-state index in [1.807, 2.05) is 13.8 Å². The van der Waals surface area contributed by atoms with Crippen molar-refractivity contribution in [2.75, 3.05) is 0 Å². The Kier molecular flexibility index (Phi) is 3.17. The molecule has 92 valence electrons. The lowest BCUT2D eigenvalue weighted by molar-refractivity contribution is 0.0684. The van der Waals surface area contributed by atoms with E-state index in [0.29, 0.717) is 5.75 Å². The fourth-order valence-corrected chi connectivity index (χ4v) is 1.38. The first-order chi connectivity index (χ1) is 8.06. The van der Waals surface area contributed by atoms with Crippen molar-refractivity contribution in [2.45, 2.75) is 38.9 Å². The molecule has 1 heterocycles. The normalized spacial score (nSPS) is 14.8. The maximum absolute atomic E-state index is 11.0. The Balaban J connectivity index is 2.24. The Morgan fingerprint density at radius 1 is 1.53 bits per heavy atom. The van der Waals surface area contributed by atoms with E-state index in [1.165, 1.54) is 6.20 Å². The van der Waals surface area contributed by atoms with Crippen molar-refractivity contribution in [1.82, 2.24) is 4.98 Å². The minimum atomic E-state index is -1.09. The SMILES string of the molecule is CC(C)Oc1cnc(C(=O)O)c(OC2CC2)c1. The van der Waals surface area contributed by atoms with Crippen LogP contribution in [-0.2, 0) is 0 Å². The van der Waals surface area contributed by atoms with E-state index in [-0.39, 0.29) is 23.7 Å². The van der Waals surface area contributed by atoms with Gasteiger partial charge in [-0.25, -0.2) is 9.78 Å². The smallest absolute Gasteiger partial charge is 0.358 e. The lowest BCUT2D eigenvalue weighted by atomic mass is 10.3. The van der Waals surface area contributed by atoms with Crippen LogP contribution in [0.15, 0.2) is 12.3 Å². The zero-order valence-electron chi connectivity index (χ0n) is 9.84. The highest BCUT2D eigenvalue weighted by Gasteiger charge is 2.26. The Morgan fingerprint density at radius 2 is 2.24 bits per heavy atom. The molecule has 1 aromatic heterocycles. The molecule has 17 heavy (non-hydrogen) atoms. The van der Waals surface area contributed by atoms with Crippen LogP contribution in [0.4, 0.5) is 0 Å². The zero-order chi connectivity index (χ0) is 12.4. The number of carboxylic acid groups (broad SMARTS) is 1. The number of ether oxygens (including phenoxy) is 2. The number of aromatic nitrogens is 1. The number of carboxylic acids is 1. The van der Waals surface area contributed by atoms with Crippen LogP contribution < -0.4 is 9.47 Å². The highest BCUT2D eigenvalue weighted by Crippen LogP contribution is 2.30. The summed E-state index contributed by atoms with van der Waals surface area (Å²) >= 11 is 0. The van der Waals surface area contributed by atoms with Crippen LogP contribution in [-0.4, -0.2) is 28.3 Å². The van der Waals surface area contributed by atoms with Gasteiger partial charge < -0.3 is 14.6 Å². The summed E-state index contributed by atoms with van der Waals surface area (Å²) in [7, 11) is 0. The summed E-state index contributed by atoms with van der Waals surface area (Å²) < 4.78 is 11.0. The second-order valence-corrected chi connectivity index (χ2v) is 4.31. The maximum Gasteiger partial charge on any atom is 0.358 e. The fraction of sp³-hybridized carbons (Fsp3) is 0.500. The molecular weight excluding hydrogens is 222 g/mol. The maximum atomic E-state index is 11.0. The van der Waals surface area contributed by atoms with Gasteiger partial charge in [-0.3, -0.25) is 0 Å². The summed E-state index contributed by atoms with van der Waals surface area (Å²) in [6.07, 6.45) is 3.48. The van der Waals surface area contributed by atoms with Crippen molar-refractivity contribution in [3.63, 3.8) is 0 Å². The Bertz CT molecular complexity index is 427. The highest BCUT2D eigenvalue weighted by atomic mass is 16.5. The van der Waals surface area contributed by atoms with E-state index >= 15 is 0 Å². The molecule has 1 fully saturated rings. The topological polar surface area (TPSA) is 68.7 Å². The van der Waals surface area contributed by atoms with E-state index in [1.54, 1.807) is 6.07 Å². The molecule has 2 rings (SSSR count). The van der Waals surface area contributed by atoms with Gasteiger partial charge in [0.15, 0.2) is 11.4 Å². The van der Waals surface area contributed by atoms with Crippen molar-refractivity contribution in [3.8, 4) is 11.5 Å². The van der Waals surface area contributed by atoms with Gasteiger partial charge in [-0.2, -0.15) is 0 Å². The first-order valence-corrected chi connectivity index (χ1v) is 5.63. The molecule has 1 N–H and O–H groups in total. The molecule has 0 saturated heterocycles. The van der Waals surface area contributed by atoms with Crippen LogP contribution in [0.5, 0.6) is 11.5 Å². The van der Waals surface area contributed by atoms with Crippen molar-refractivity contribution < 1.29 is 19.4 Å².